The van der Waals surface area contributed by atoms with Crippen molar-refractivity contribution in [1.29, 1.82) is 0 Å². The Balaban J connectivity index is 1.94. The van der Waals surface area contributed by atoms with Crippen LogP contribution in [0.3, 0.4) is 0 Å². The topological polar surface area (TPSA) is 44.5 Å². The normalized spacial score (nSPS) is 10.9. The van der Waals surface area contributed by atoms with E-state index < -0.39 is 6.61 Å². The summed E-state index contributed by atoms with van der Waals surface area (Å²) in [5.41, 5.74) is 1.83. The minimum absolute atomic E-state index is 0.0355. The van der Waals surface area contributed by atoms with Gasteiger partial charge in [0.15, 0.2) is 11.5 Å². The summed E-state index contributed by atoms with van der Waals surface area (Å²) in [6.07, 6.45) is 0. The molecular weight excluding hydrogens is 300 g/mol. The quantitative estimate of drug-likeness (QED) is 0.772. The molecule has 1 heterocycles. The summed E-state index contributed by atoms with van der Waals surface area (Å²) >= 11 is 1.64. The van der Waals surface area contributed by atoms with Crippen LogP contribution in [0.5, 0.6) is 11.5 Å². The number of thioether (sulfide) groups is 1. The predicted molar refractivity (Wildman–Crippen MR) is 75.9 cm³/mol. The molecule has 4 nitrogen and oxygen atoms in total. The molecule has 0 spiro atoms. The second kappa shape index (κ2) is 7.31. The Hall–Kier alpha value is -1.76. The molecule has 0 radical (unpaired) electrons. The van der Waals surface area contributed by atoms with E-state index in [1.807, 2.05) is 13.0 Å². The number of methoxy groups -OCH3 is 1. The van der Waals surface area contributed by atoms with Gasteiger partial charge >= 0.3 is 6.61 Å². The van der Waals surface area contributed by atoms with Crippen molar-refractivity contribution in [1.82, 2.24) is 5.16 Å². The Kier molecular flexibility index (Phi) is 5.44. The summed E-state index contributed by atoms with van der Waals surface area (Å²) < 4.78 is 38.9. The number of hydrogen-bond acceptors (Lipinski definition) is 5. The maximum atomic E-state index is 12.2. The maximum absolute atomic E-state index is 12.2. The van der Waals surface area contributed by atoms with Gasteiger partial charge in [-0.3, -0.25) is 0 Å². The number of halogens is 2. The van der Waals surface area contributed by atoms with Gasteiger partial charge in [-0.25, -0.2) is 0 Å². The minimum atomic E-state index is -2.87. The van der Waals surface area contributed by atoms with Gasteiger partial charge in [-0.05, 0) is 24.6 Å². The highest BCUT2D eigenvalue weighted by Crippen LogP contribution is 2.31. The molecule has 2 aromatic rings. The van der Waals surface area contributed by atoms with Crippen LogP contribution in [-0.2, 0) is 11.5 Å². The lowest BCUT2D eigenvalue weighted by Gasteiger charge is -2.11. The molecule has 0 bridgehead atoms. The number of rotatable bonds is 7. The first-order chi connectivity index (χ1) is 10.1. The van der Waals surface area contributed by atoms with E-state index in [1.165, 1.54) is 13.2 Å². The molecule has 0 amide bonds. The number of hydrogen-bond donors (Lipinski definition) is 0. The molecule has 0 aliphatic rings. The molecular formula is C14H15F2NO3S. The standard InChI is InChI=1S/C14H15F2NO3S/c1-9-5-11(17-20-9)8-21-7-10-3-4-12(19-14(15)16)13(6-10)18-2/h3-6,14H,7-8H2,1-2H3. The molecule has 0 N–H and O–H groups in total. The van der Waals surface area contributed by atoms with Crippen LogP contribution in [0.2, 0.25) is 0 Å². The fraction of sp³-hybridized carbons (Fsp3) is 0.357. The fourth-order valence-corrected chi connectivity index (χ4v) is 2.62. The Bertz CT molecular complexity index is 589. The van der Waals surface area contributed by atoms with Crippen LogP contribution < -0.4 is 9.47 Å². The second-order valence-electron chi connectivity index (χ2n) is 4.29. The third-order valence-corrected chi connectivity index (χ3v) is 3.68. The molecule has 21 heavy (non-hydrogen) atoms. The van der Waals surface area contributed by atoms with Gasteiger partial charge in [0.05, 0.1) is 12.8 Å². The van der Waals surface area contributed by atoms with E-state index in [-0.39, 0.29) is 5.75 Å². The van der Waals surface area contributed by atoms with E-state index in [0.29, 0.717) is 11.5 Å². The zero-order valence-electron chi connectivity index (χ0n) is 11.6. The molecule has 1 aromatic carbocycles. The molecule has 0 fully saturated rings. The number of alkyl halides is 2. The number of ether oxygens (including phenoxy) is 2. The number of nitrogens with zero attached hydrogens (tertiary/aromatic N) is 1. The van der Waals surface area contributed by atoms with Crippen LogP contribution in [0.4, 0.5) is 8.78 Å². The van der Waals surface area contributed by atoms with E-state index in [0.717, 1.165) is 22.8 Å². The predicted octanol–water partition coefficient (Wildman–Crippen LogP) is 4.03. The van der Waals surface area contributed by atoms with Gasteiger partial charge in [0, 0.05) is 17.6 Å². The van der Waals surface area contributed by atoms with E-state index >= 15 is 0 Å². The van der Waals surface area contributed by atoms with Crippen LogP contribution in [0.1, 0.15) is 17.0 Å². The van der Waals surface area contributed by atoms with Gasteiger partial charge in [0.2, 0.25) is 0 Å². The average Bonchev–Trinajstić information content (AvgIpc) is 2.85. The van der Waals surface area contributed by atoms with Gasteiger partial charge in [-0.2, -0.15) is 20.5 Å². The van der Waals surface area contributed by atoms with Crippen molar-refractivity contribution in [3.05, 3.63) is 41.3 Å². The van der Waals surface area contributed by atoms with Gasteiger partial charge in [-0.1, -0.05) is 11.2 Å². The molecule has 0 unspecified atom stereocenters. The van der Waals surface area contributed by atoms with Gasteiger partial charge in [-0.15, -0.1) is 0 Å². The van der Waals surface area contributed by atoms with E-state index in [9.17, 15) is 8.78 Å². The largest absolute Gasteiger partial charge is 0.493 e. The lowest BCUT2D eigenvalue weighted by molar-refractivity contribution is -0.0512. The van der Waals surface area contributed by atoms with Crippen LogP contribution in [0.25, 0.3) is 0 Å². The first-order valence-electron chi connectivity index (χ1n) is 6.20. The van der Waals surface area contributed by atoms with E-state index in [2.05, 4.69) is 9.89 Å². The van der Waals surface area contributed by atoms with Gasteiger partial charge in [0.1, 0.15) is 5.76 Å². The van der Waals surface area contributed by atoms with Gasteiger partial charge < -0.3 is 14.0 Å². The number of benzene rings is 1. The molecule has 0 aliphatic heterocycles. The Morgan fingerprint density at radius 2 is 2.05 bits per heavy atom. The van der Waals surface area contributed by atoms with Crippen molar-refractivity contribution in [3.8, 4) is 11.5 Å². The summed E-state index contributed by atoms with van der Waals surface area (Å²) in [6, 6.07) is 6.80. The van der Waals surface area contributed by atoms with Crippen molar-refractivity contribution < 1.29 is 22.8 Å². The molecule has 114 valence electrons. The van der Waals surface area contributed by atoms with Crippen LogP contribution >= 0.6 is 11.8 Å². The zero-order chi connectivity index (χ0) is 15.2. The number of aromatic nitrogens is 1. The highest BCUT2D eigenvalue weighted by Gasteiger charge is 2.11. The summed E-state index contributed by atoms with van der Waals surface area (Å²) in [5.74, 6) is 2.53. The van der Waals surface area contributed by atoms with Crippen molar-refractivity contribution in [3.63, 3.8) is 0 Å². The third-order valence-electron chi connectivity index (χ3n) is 2.64. The lowest BCUT2D eigenvalue weighted by atomic mass is 10.2. The Morgan fingerprint density at radius 3 is 2.67 bits per heavy atom. The molecule has 0 saturated carbocycles. The summed E-state index contributed by atoms with van der Waals surface area (Å²) in [4.78, 5) is 0. The highest BCUT2D eigenvalue weighted by atomic mass is 32.2. The zero-order valence-corrected chi connectivity index (χ0v) is 12.5. The van der Waals surface area contributed by atoms with Crippen LogP contribution in [0, 0.1) is 6.92 Å². The third kappa shape index (κ3) is 4.63. The maximum Gasteiger partial charge on any atom is 0.387 e. The van der Waals surface area contributed by atoms with Crippen LogP contribution in [0.15, 0.2) is 28.8 Å². The Labute approximate surface area is 125 Å². The molecule has 1 aromatic heterocycles. The molecule has 0 atom stereocenters. The minimum Gasteiger partial charge on any atom is -0.493 e. The van der Waals surface area contributed by atoms with Crippen molar-refractivity contribution >= 4 is 11.8 Å². The molecule has 7 heteroatoms. The smallest absolute Gasteiger partial charge is 0.387 e. The van der Waals surface area contributed by atoms with Crippen molar-refractivity contribution in [2.24, 2.45) is 0 Å². The second-order valence-corrected chi connectivity index (χ2v) is 5.27. The molecule has 2 rings (SSSR count). The summed E-state index contributed by atoms with van der Waals surface area (Å²) in [6.45, 7) is -1.03. The molecule has 0 saturated heterocycles. The lowest BCUT2D eigenvalue weighted by Crippen LogP contribution is -2.03. The highest BCUT2D eigenvalue weighted by molar-refractivity contribution is 7.97. The van der Waals surface area contributed by atoms with Crippen molar-refractivity contribution in [2.75, 3.05) is 7.11 Å². The monoisotopic (exact) mass is 315 g/mol. The number of aryl methyl sites for hydroxylation is 1. The van der Waals surface area contributed by atoms with Gasteiger partial charge in [0.25, 0.3) is 0 Å². The first-order valence-corrected chi connectivity index (χ1v) is 7.35. The Morgan fingerprint density at radius 1 is 1.24 bits per heavy atom. The summed E-state index contributed by atoms with van der Waals surface area (Å²) in [7, 11) is 1.42. The molecule has 0 aliphatic carbocycles. The summed E-state index contributed by atoms with van der Waals surface area (Å²) in [5, 5.41) is 3.90. The average molecular weight is 315 g/mol. The van der Waals surface area contributed by atoms with Crippen LogP contribution in [-0.4, -0.2) is 18.9 Å². The van der Waals surface area contributed by atoms with E-state index in [4.69, 9.17) is 9.26 Å². The SMILES string of the molecule is COc1cc(CSCc2cc(C)on2)ccc1OC(F)F. The van der Waals surface area contributed by atoms with Crippen molar-refractivity contribution in [2.45, 2.75) is 25.0 Å². The first kappa shape index (κ1) is 15.6. The van der Waals surface area contributed by atoms with E-state index in [1.54, 1.807) is 23.9 Å². The fourth-order valence-electron chi connectivity index (χ4n) is 1.75.